The zero-order chi connectivity index (χ0) is 23.4. The fourth-order valence-electron chi connectivity index (χ4n) is 4.14. The molecule has 1 aliphatic carbocycles. The van der Waals surface area contributed by atoms with E-state index in [9.17, 15) is 22.8 Å². The van der Waals surface area contributed by atoms with Crippen molar-refractivity contribution in [2.75, 3.05) is 13.6 Å². The van der Waals surface area contributed by atoms with Crippen LogP contribution in [0.15, 0.2) is 54.6 Å². The van der Waals surface area contributed by atoms with Gasteiger partial charge in [0.05, 0.1) is 5.41 Å². The number of amides is 2. The van der Waals surface area contributed by atoms with Crippen LogP contribution in [0, 0.1) is 5.41 Å². The molecule has 32 heavy (non-hydrogen) atoms. The van der Waals surface area contributed by atoms with Crippen molar-refractivity contribution in [3.05, 3.63) is 71.3 Å². The van der Waals surface area contributed by atoms with Gasteiger partial charge in [-0.15, -0.1) is 0 Å². The van der Waals surface area contributed by atoms with Crippen LogP contribution in [0.25, 0.3) is 0 Å². The lowest BCUT2D eigenvalue weighted by Crippen LogP contribution is -2.42. The number of hydrogen-bond acceptors (Lipinski definition) is 3. The molecule has 2 aromatic rings. The first kappa shape index (κ1) is 23.8. The number of hydrogen-bond donors (Lipinski definition) is 3. The van der Waals surface area contributed by atoms with E-state index in [1.54, 1.807) is 61.6 Å². The van der Waals surface area contributed by atoms with Crippen molar-refractivity contribution >= 4 is 11.8 Å². The van der Waals surface area contributed by atoms with Crippen molar-refractivity contribution in [1.29, 1.82) is 0 Å². The van der Waals surface area contributed by atoms with Gasteiger partial charge in [-0.25, -0.2) is 0 Å². The Labute approximate surface area is 185 Å². The SMILES string of the molecule is CN[C@H](CNC(=O)C[C@H](c1ccccc1)C1(C(F)(F)F)CC1)Cc1ccc(C(N)=O)cc1. The molecule has 172 valence electrons. The highest BCUT2D eigenvalue weighted by Crippen LogP contribution is 2.66. The fourth-order valence-corrected chi connectivity index (χ4v) is 4.14. The Hall–Kier alpha value is -2.87. The molecule has 8 heteroatoms. The standard InChI is InChI=1S/C24H28F3N3O2/c1-29-19(13-16-7-9-18(10-8-16)22(28)32)15-30-21(31)14-20(17-5-3-2-4-6-17)23(11-12-23)24(25,26)27/h2-10,19-20,29H,11-15H2,1H3,(H2,28,32)(H,30,31)/t19-,20+/m0/s1. The van der Waals surface area contributed by atoms with Gasteiger partial charge >= 0.3 is 6.18 Å². The maximum atomic E-state index is 13.8. The molecule has 0 unspecified atom stereocenters. The molecule has 0 saturated heterocycles. The number of carbonyl (C=O) groups is 2. The van der Waals surface area contributed by atoms with Crippen LogP contribution in [0.5, 0.6) is 0 Å². The van der Waals surface area contributed by atoms with E-state index in [2.05, 4.69) is 10.6 Å². The summed E-state index contributed by atoms with van der Waals surface area (Å²) in [6.07, 6.45) is -3.90. The second-order valence-electron chi connectivity index (χ2n) is 8.38. The quantitative estimate of drug-likeness (QED) is 0.521. The number of likely N-dealkylation sites (N-methyl/N-ethyl adjacent to an activating group) is 1. The lowest BCUT2D eigenvalue weighted by Gasteiger charge is -2.29. The highest BCUT2D eigenvalue weighted by atomic mass is 19.4. The number of rotatable bonds is 10. The molecule has 0 aliphatic heterocycles. The topological polar surface area (TPSA) is 84.2 Å². The number of carbonyl (C=O) groups excluding carboxylic acids is 2. The monoisotopic (exact) mass is 447 g/mol. The average molecular weight is 448 g/mol. The van der Waals surface area contributed by atoms with Gasteiger partial charge in [-0.3, -0.25) is 9.59 Å². The van der Waals surface area contributed by atoms with Crippen LogP contribution in [0.3, 0.4) is 0 Å². The summed E-state index contributed by atoms with van der Waals surface area (Å²) >= 11 is 0. The molecule has 0 aromatic heterocycles. The largest absolute Gasteiger partial charge is 0.395 e. The molecule has 4 N–H and O–H groups in total. The van der Waals surface area contributed by atoms with Gasteiger partial charge in [0.15, 0.2) is 0 Å². The predicted octanol–water partition coefficient (Wildman–Crippen LogP) is 3.55. The summed E-state index contributed by atoms with van der Waals surface area (Å²) in [6, 6.07) is 15.2. The van der Waals surface area contributed by atoms with Crippen molar-refractivity contribution < 1.29 is 22.8 Å². The van der Waals surface area contributed by atoms with E-state index in [-0.39, 0.29) is 31.8 Å². The van der Waals surface area contributed by atoms with Gasteiger partial charge in [0.1, 0.15) is 0 Å². The number of nitrogens with one attached hydrogen (secondary N) is 2. The Morgan fingerprint density at radius 2 is 1.69 bits per heavy atom. The first-order valence-corrected chi connectivity index (χ1v) is 10.6. The highest BCUT2D eigenvalue weighted by Gasteiger charge is 2.67. The number of nitrogens with two attached hydrogens (primary N) is 1. The van der Waals surface area contributed by atoms with E-state index in [0.29, 0.717) is 17.5 Å². The molecular formula is C24H28F3N3O2. The van der Waals surface area contributed by atoms with E-state index in [1.165, 1.54) is 0 Å². The van der Waals surface area contributed by atoms with Crippen LogP contribution in [-0.2, 0) is 11.2 Å². The van der Waals surface area contributed by atoms with Crippen LogP contribution < -0.4 is 16.4 Å². The van der Waals surface area contributed by atoms with E-state index >= 15 is 0 Å². The molecule has 0 spiro atoms. The van der Waals surface area contributed by atoms with Gasteiger partial charge in [-0.05, 0) is 49.6 Å². The van der Waals surface area contributed by atoms with Crippen LogP contribution >= 0.6 is 0 Å². The fraction of sp³-hybridized carbons (Fsp3) is 0.417. The molecule has 0 heterocycles. The van der Waals surface area contributed by atoms with Gasteiger partial charge < -0.3 is 16.4 Å². The van der Waals surface area contributed by atoms with Crippen LogP contribution in [0.4, 0.5) is 13.2 Å². The van der Waals surface area contributed by atoms with Crippen molar-refractivity contribution in [3.8, 4) is 0 Å². The summed E-state index contributed by atoms with van der Waals surface area (Å²) in [4.78, 5) is 23.9. The Morgan fingerprint density at radius 1 is 1.06 bits per heavy atom. The minimum atomic E-state index is -4.35. The molecule has 1 fully saturated rings. The highest BCUT2D eigenvalue weighted by molar-refractivity contribution is 5.92. The Kier molecular flexibility index (Phi) is 7.23. The lowest BCUT2D eigenvalue weighted by atomic mass is 9.80. The first-order valence-electron chi connectivity index (χ1n) is 10.6. The third-order valence-corrected chi connectivity index (χ3v) is 6.29. The average Bonchev–Trinajstić information content (AvgIpc) is 3.58. The maximum Gasteiger partial charge on any atom is 0.395 e. The molecular weight excluding hydrogens is 419 g/mol. The number of benzene rings is 2. The van der Waals surface area contributed by atoms with Crippen LogP contribution in [-0.4, -0.2) is 37.6 Å². The molecule has 1 saturated carbocycles. The molecule has 2 aromatic carbocycles. The minimum Gasteiger partial charge on any atom is -0.366 e. The second kappa shape index (κ2) is 9.73. The zero-order valence-electron chi connectivity index (χ0n) is 17.9. The summed E-state index contributed by atoms with van der Waals surface area (Å²) in [7, 11) is 1.75. The maximum absolute atomic E-state index is 13.8. The second-order valence-corrected chi connectivity index (χ2v) is 8.38. The van der Waals surface area contributed by atoms with Gasteiger partial charge in [-0.1, -0.05) is 42.5 Å². The molecule has 2 atom stereocenters. The third kappa shape index (κ3) is 5.48. The summed E-state index contributed by atoms with van der Waals surface area (Å²) < 4.78 is 41.4. The number of alkyl halides is 3. The minimum absolute atomic E-state index is 0.0454. The lowest BCUT2D eigenvalue weighted by molar-refractivity contribution is -0.194. The van der Waals surface area contributed by atoms with Gasteiger partial charge in [0.2, 0.25) is 11.8 Å². The zero-order valence-corrected chi connectivity index (χ0v) is 17.9. The first-order chi connectivity index (χ1) is 15.2. The van der Waals surface area contributed by atoms with Crippen molar-refractivity contribution in [3.63, 3.8) is 0 Å². The molecule has 0 bridgehead atoms. The van der Waals surface area contributed by atoms with Crippen LogP contribution in [0.1, 0.15) is 46.7 Å². The Morgan fingerprint density at radius 3 is 2.19 bits per heavy atom. The van der Waals surface area contributed by atoms with E-state index in [4.69, 9.17) is 5.73 Å². The van der Waals surface area contributed by atoms with E-state index < -0.39 is 29.3 Å². The predicted molar refractivity (Wildman–Crippen MR) is 116 cm³/mol. The summed E-state index contributed by atoms with van der Waals surface area (Å²) in [5.41, 5.74) is 5.32. The van der Waals surface area contributed by atoms with Gasteiger partial charge in [-0.2, -0.15) is 13.2 Å². The molecule has 5 nitrogen and oxygen atoms in total. The number of halogens is 3. The Balaban J connectivity index is 1.62. The normalized spacial score (nSPS) is 16.8. The van der Waals surface area contributed by atoms with E-state index in [1.807, 2.05) is 0 Å². The van der Waals surface area contributed by atoms with Gasteiger partial charge in [0.25, 0.3) is 0 Å². The molecule has 1 aliphatic rings. The van der Waals surface area contributed by atoms with Crippen molar-refractivity contribution in [2.45, 2.75) is 43.8 Å². The summed E-state index contributed by atoms with van der Waals surface area (Å²) in [6.45, 7) is 0.271. The summed E-state index contributed by atoms with van der Waals surface area (Å²) in [5.74, 6) is -1.81. The molecule has 3 rings (SSSR count). The van der Waals surface area contributed by atoms with Crippen molar-refractivity contribution in [1.82, 2.24) is 10.6 Å². The van der Waals surface area contributed by atoms with E-state index in [0.717, 1.165) is 5.56 Å². The van der Waals surface area contributed by atoms with Gasteiger partial charge in [0, 0.05) is 30.5 Å². The molecule has 2 amide bonds. The summed E-state index contributed by atoms with van der Waals surface area (Å²) in [5, 5.41) is 5.90. The number of primary amides is 1. The van der Waals surface area contributed by atoms with Crippen molar-refractivity contribution in [2.24, 2.45) is 11.1 Å². The Bertz CT molecular complexity index is 926. The molecule has 0 radical (unpaired) electrons. The smallest absolute Gasteiger partial charge is 0.366 e. The van der Waals surface area contributed by atoms with Crippen LogP contribution in [0.2, 0.25) is 0 Å². The third-order valence-electron chi connectivity index (χ3n) is 6.29.